The van der Waals surface area contributed by atoms with Gasteiger partial charge in [0, 0.05) is 80.9 Å². The van der Waals surface area contributed by atoms with Crippen LogP contribution in [0.3, 0.4) is 0 Å². The molecule has 77 heavy (non-hydrogen) atoms. The van der Waals surface area contributed by atoms with Gasteiger partial charge in [0.25, 0.3) is 6.71 Å². The molecule has 0 saturated carbocycles. The van der Waals surface area contributed by atoms with Gasteiger partial charge in [-0.25, -0.2) is 0 Å². The lowest BCUT2D eigenvalue weighted by Gasteiger charge is -2.45. The fraction of sp³-hybridized carbons (Fsp3) is 0.118. The highest BCUT2D eigenvalue weighted by Gasteiger charge is 2.45. The van der Waals surface area contributed by atoms with Crippen LogP contribution >= 0.6 is 22.7 Å². The maximum absolute atomic E-state index is 6.47. The van der Waals surface area contributed by atoms with Gasteiger partial charge in [0.15, 0.2) is 23.0 Å². The number of anilines is 6. The molecule has 0 bridgehead atoms. The van der Waals surface area contributed by atoms with Crippen LogP contribution in [-0.2, 0) is 5.41 Å². The van der Waals surface area contributed by atoms with E-state index >= 15 is 0 Å². The molecule has 0 aliphatic carbocycles. The summed E-state index contributed by atoms with van der Waals surface area (Å²) < 4.78 is 30.5. The molecular weight excluding hydrogens is 984 g/mol. The summed E-state index contributed by atoms with van der Waals surface area (Å²) in [6.45, 7) is 8.66. The highest BCUT2D eigenvalue weighted by atomic mass is 32.1. The molecule has 12 aromatic rings. The van der Waals surface area contributed by atoms with Gasteiger partial charge in [-0.3, -0.25) is 0 Å². The fourth-order valence-electron chi connectivity index (χ4n) is 12.4. The van der Waals surface area contributed by atoms with Crippen molar-refractivity contribution in [2.24, 2.45) is 0 Å². The molecule has 0 spiro atoms. The smallest absolute Gasteiger partial charge is 0.252 e. The van der Waals surface area contributed by atoms with E-state index in [1.165, 1.54) is 68.0 Å². The molecule has 10 aromatic carbocycles. The number of nitrogens with zero attached hydrogens (tertiary/aromatic N) is 2. The van der Waals surface area contributed by atoms with Crippen molar-refractivity contribution in [3.8, 4) is 56.4 Å². The van der Waals surface area contributed by atoms with Gasteiger partial charge in [-0.05, 0) is 134 Å². The third-order valence-electron chi connectivity index (χ3n) is 16.1. The quantitative estimate of drug-likeness (QED) is 0.160. The van der Waals surface area contributed by atoms with Gasteiger partial charge >= 0.3 is 0 Å². The monoisotopic (exact) mass is 1030 g/mol. The van der Waals surface area contributed by atoms with Gasteiger partial charge in [0.2, 0.25) is 0 Å². The lowest BCUT2D eigenvalue weighted by atomic mass is 9.33. The summed E-state index contributed by atoms with van der Waals surface area (Å²) in [7, 11) is 0. The van der Waals surface area contributed by atoms with Crippen LogP contribution in [0.4, 0.5) is 34.1 Å². The molecular formula is C68H49BN2O4S2. The molecule has 370 valence electrons. The van der Waals surface area contributed by atoms with Crippen LogP contribution in [0, 0.1) is 0 Å². The molecule has 0 atom stereocenters. The molecule has 4 aliphatic rings. The van der Waals surface area contributed by atoms with E-state index in [9.17, 15) is 0 Å². The topological polar surface area (TPSA) is 43.4 Å². The molecule has 2 aromatic heterocycles. The van der Waals surface area contributed by atoms with Crippen molar-refractivity contribution in [2.45, 2.75) is 26.2 Å². The average molecular weight is 1030 g/mol. The summed E-state index contributed by atoms with van der Waals surface area (Å²) >= 11 is 3.72. The van der Waals surface area contributed by atoms with Crippen molar-refractivity contribution in [3.63, 3.8) is 0 Å². The van der Waals surface area contributed by atoms with Crippen LogP contribution in [0.5, 0.6) is 23.0 Å². The fourth-order valence-corrected chi connectivity index (χ4v) is 14.7. The van der Waals surface area contributed by atoms with E-state index in [0.717, 1.165) is 84.8 Å². The molecule has 0 saturated heterocycles. The van der Waals surface area contributed by atoms with Gasteiger partial charge in [0.05, 0.1) is 5.69 Å². The predicted octanol–water partition coefficient (Wildman–Crippen LogP) is 16.3. The summed E-state index contributed by atoms with van der Waals surface area (Å²) in [6.07, 6.45) is 0. The van der Waals surface area contributed by atoms with Crippen LogP contribution < -0.4 is 45.1 Å². The summed E-state index contributed by atoms with van der Waals surface area (Å²) in [4.78, 5) is 4.97. The minimum Gasteiger partial charge on any atom is -0.486 e. The second-order valence-corrected chi connectivity index (χ2v) is 23.9. The van der Waals surface area contributed by atoms with Crippen molar-refractivity contribution in [1.82, 2.24) is 0 Å². The van der Waals surface area contributed by atoms with Gasteiger partial charge in [-0.1, -0.05) is 130 Å². The summed E-state index contributed by atoms with van der Waals surface area (Å²) in [6, 6.07) is 72.6. The Labute approximate surface area is 455 Å². The summed E-state index contributed by atoms with van der Waals surface area (Å²) in [5.74, 6) is 2.99. The molecule has 9 heteroatoms. The van der Waals surface area contributed by atoms with Crippen molar-refractivity contribution in [1.29, 1.82) is 0 Å². The van der Waals surface area contributed by atoms with Crippen molar-refractivity contribution >= 4 is 120 Å². The molecule has 0 amide bonds. The van der Waals surface area contributed by atoms with E-state index in [1.54, 1.807) is 0 Å². The van der Waals surface area contributed by atoms with Crippen LogP contribution in [0.1, 0.15) is 26.3 Å². The Kier molecular flexibility index (Phi) is 9.89. The molecule has 6 heterocycles. The second kappa shape index (κ2) is 17.0. The zero-order valence-electron chi connectivity index (χ0n) is 42.7. The Hall–Kier alpha value is -8.50. The molecule has 0 unspecified atom stereocenters. The van der Waals surface area contributed by atoms with Crippen LogP contribution in [-0.4, -0.2) is 33.1 Å². The van der Waals surface area contributed by atoms with Crippen LogP contribution in [0.2, 0.25) is 0 Å². The number of rotatable bonds is 5. The first-order valence-electron chi connectivity index (χ1n) is 26.6. The zero-order valence-corrected chi connectivity index (χ0v) is 44.4. The SMILES string of the molecule is CC(C)(C)c1ccc(-c2cc3c4c(c2)N(c2ccc5c(c2)OCCO5)c2cc5c(cc2B4c2ccc(-c4ccc6c(c4)sc4ccccc46)cc2N3c2cccc(-c3ccc4c(c3)sc3ccccc34)c2)OCCO5)cc1. The first-order chi connectivity index (χ1) is 37.8. The van der Waals surface area contributed by atoms with Gasteiger partial charge < -0.3 is 28.7 Å². The lowest BCUT2D eigenvalue weighted by Crippen LogP contribution is -2.61. The molecule has 0 fully saturated rings. The maximum atomic E-state index is 6.47. The second-order valence-electron chi connectivity index (χ2n) is 21.7. The first kappa shape index (κ1) is 44.8. The minimum absolute atomic E-state index is 0.00347. The third-order valence-corrected chi connectivity index (χ3v) is 18.4. The molecule has 4 aliphatic heterocycles. The van der Waals surface area contributed by atoms with Gasteiger partial charge in [-0.15, -0.1) is 22.7 Å². The Balaban J connectivity index is 0.969. The van der Waals surface area contributed by atoms with E-state index in [0.29, 0.717) is 26.4 Å². The highest BCUT2D eigenvalue weighted by molar-refractivity contribution is 7.26. The normalized spacial score (nSPS) is 14.3. The summed E-state index contributed by atoms with van der Waals surface area (Å²) in [5.41, 5.74) is 18.2. The van der Waals surface area contributed by atoms with Crippen molar-refractivity contribution in [3.05, 3.63) is 200 Å². The number of fused-ring (bicyclic) bond motifs is 12. The van der Waals surface area contributed by atoms with E-state index in [4.69, 9.17) is 18.9 Å². The highest BCUT2D eigenvalue weighted by Crippen LogP contribution is 2.51. The maximum Gasteiger partial charge on any atom is 0.252 e. The van der Waals surface area contributed by atoms with Gasteiger partial charge in [-0.2, -0.15) is 0 Å². The van der Waals surface area contributed by atoms with Gasteiger partial charge in [0.1, 0.15) is 26.4 Å². The Morgan fingerprint density at radius 1 is 0.364 bits per heavy atom. The Morgan fingerprint density at radius 2 is 0.870 bits per heavy atom. The largest absolute Gasteiger partial charge is 0.486 e. The molecule has 0 N–H and O–H groups in total. The third kappa shape index (κ3) is 7.13. The minimum atomic E-state index is -0.166. The number of benzene rings is 10. The number of hydrogen-bond acceptors (Lipinski definition) is 8. The first-order valence-corrected chi connectivity index (χ1v) is 28.2. The van der Waals surface area contributed by atoms with Crippen molar-refractivity contribution < 1.29 is 18.9 Å². The molecule has 0 radical (unpaired) electrons. The number of ether oxygens (including phenoxy) is 4. The van der Waals surface area contributed by atoms with E-state index in [-0.39, 0.29) is 12.1 Å². The standard InChI is InChI=1S/C68H49BN2O4S2/c1-68(2,3)46-20-15-40(16-21-46)45-33-57-67-58(34-45)71(48-22-26-59-60(37-48)73-28-27-72-59)56-39-62-61(74-29-30-75-62)38-54(56)69(67)53-25-19-42(44-18-24-52-50-12-5-7-14-64(50)77-66(52)36-44)32-55(53)70(57)47-10-8-9-41(31-47)43-17-23-51-49-11-4-6-13-63(49)76-65(51)35-43/h4-26,31-39H,27-30H2,1-3H3. The van der Waals surface area contributed by atoms with E-state index in [2.05, 4.69) is 225 Å². The van der Waals surface area contributed by atoms with E-state index in [1.807, 2.05) is 22.7 Å². The molecule has 6 nitrogen and oxygen atoms in total. The lowest BCUT2D eigenvalue weighted by molar-refractivity contribution is 0.171. The van der Waals surface area contributed by atoms with E-state index < -0.39 is 0 Å². The van der Waals surface area contributed by atoms with Crippen molar-refractivity contribution in [2.75, 3.05) is 36.2 Å². The average Bonchev–Trinajstić information content (AvgIpc) is 4.16. The van der Waals surface area contributed by atoms with Crippen LogP contribution in [0.15, 0.2) is 194 Å². The number of hydrogen-bond donors (Lipinski definition) is 0. The predicted molar refractivity (Wildman–Crippen MR) is 323 cm³/mol. The Bertz CT molecular complexity index is 4440. The zero-order chi connectivity index (χ0) is 51.1. The van der Waals surface area contributed by atoms with Crippen LogP contribution in [0.25, 0.3) is 73.7 Å². The summed E-state index contributed by atoms with van der Waals surface area (Å²) in [5, 5.41) is 5.19. The Morgan fingerprint density at radius 3 is 1.52 bits per heavy atom. The molecule has 16 rings (SSSR count). The number of thiophene rings is 2.